The lowest BCUT2D eigenvalue weighted by Gasteiger charge is -2.30. The maximum Gasteiger partial charge on any atom is 0.213 e. The van der Waals surface area contributed by atoms with E-state index in [4.69, 9.17) is 9.47 Å². The van der Waals surface area contributed by atoms with Gasteiger partial charge in [0.1, 0.15) is 18.2 Å². The van der Waals surface area contributed by atoms with Crippen LogP contribution in [-0.4, -0.2) is 33.6 Å². The van der Waals surface area contributed by atoms with Crippen molar-refractivity contribution in [2.75, 3.05) is 18.6 Å². The summed E-state index contributed by atoms with van der Waals surface area (Å²) in [6.07, 6.45) is 5.70. The van der Waals surface area contributed by atoms with Crippen LogP contribution in [0.5, 0.6) is 5.88 Å². The van der Waals surface area contributed by atoms with Gasteiger partial charge >= 0.3 is 0 Å². The molecule has 0 fully saturated rings. The molecule has 0 N–H and O–H groups in total. The summed E-state index contributed by atoms with van der Waals surface area (Å²) in [5.74, 6) is 2.54. The van der Waals surface area contributed by atoms with E-state index < -0.39 is 0 Å². The molecule has 4 rings (SSSR count). The van der Waals surface area contributed by atoms with Gasteiger partial charge < -0.3 is 14.4 Å². The quantitative estimate of drug-likeness (QED) is 0.492. The van der Waals surface area contributed by atoms with Gasteiger partial charge in [0, 0.05) is 42.3 Å². The first-order valence-corrected chi connectivity index (χ1v) is 11.0. The molecule has 33 heavy (non-hydrogen) atoms. The minimum absolute atomic E-state index is 0.263. The predicted molar refractivity (Wildman–Crippen MR) is 129 cm³/mol. The van der Waals surface area contributed by atoms with Gasteiger partial charge in [0.2, 0.25) is 5.88 Å². The Hall–Kier alpha value is -3.74. The largest absolute Gasteiger partial charge is 0.487 e. The number of ether oxygens (including phenoxy) is 2. The fourth-order valence-electron chi connectivity index (χ4n) is 3.62. The molecule has 3 aromatic heterocycles. The molecule has 0 amide bonds. The molecule has 0 saturated carbocycles. The van der Waals surface area contributed by atoms with Crippen LogP contribution >= 0.6 is 0 Å². The Morgan fingerprint density at radius 2 is 1.82 bits per heavy atom. The van der Waals surface area contributed by atoms with E-state index in [1.54, 1.807) is 13.3 Å². The second-order valence-electron chi connectivity index (χ2n) is 8.33. The van der Waals surface area contributed by atoms with Crippen molar-refractivity contribution in [2.24, 2.45) is 0 Å². The van der Waals surface area contributed by atoms with E-state index in [0.29, 0.717) is 12.5 Å². The second-order valence-corrected chi connectivity index (χ2v) is 8.33. The topological polar surface area (TPSA) is 73.3 Å². The highest BCUT2D eigenvalue weighted by molar-refractivity contribution is 5.64. The van der Waals surface area contributed by atoms with Crippen molar-refractivity contribution in [1.82, 2.24) is 19.9 Å². The molecule has 0 unspecified atom stereocenters. The van der Waals surface area contributed by atoms with Crippen LogP contribution in [0.1, 0.15) is 45.1 Å². The smallest absolute Gasteiger partial charge is 0.213 e. The third-order valence-corrected chi connectivity index (χ3v) is 5.46. The number of pyridine rings is 2. The first-order valence-electron chi connectivity index (χ1n) is 11.0. The summed E-state index contributed by atoms with van der Waals surface area (Å²) < 4.78 is 11.3. The molecule has 0 aliphatic carbocycles. The summed E-state index contributed by atoms with van der Waals surface area (Å²) in [4.78, 5) is 20.3. The molecule has 3 aromatic rings. The van der Waals surface area contributed by atoms with E-state index in [0.717, 1.165) is 52.2 Å². The van der Waals surface area contributed by atoms with Crippen molar-refractivity contribution in [3.05, 3.63) is 83.4 Å². The minimum atomic E-state index is 0.263. The van der Waals surface area contributed by atoms with Crippen molar-refractivity contribution in [1.29, 1.82) is 0 Å². The Morgan fingerprint density at radius 1 is 1.00 bits per heavy atom. The number of aromatic nitrogens is 4. The first kappa shape index (κ1) is 22.5. The highest BCUT2D eigenvalue weighted by Gasteiger charge is 2.19. The molecule has 0 aromatic carbocycles. The molecule has 7 heteroatoms. The molecule has 0 spiro atoms. The lowest BCUT2D eigenvalue weighted by molar-refractivity contribution is 0.201. The summed E-state index contributed by atoms with van der Waals surface area (Å²) in [6, 6.07) is 11.7. The molecular formula is C26H29N5O2. The van der Waals surface area contributed by atoms with Crippen LogP contribution in [0.2, 0.25) is 0 Å². The monoisotopic (exact) mass is 443 g/mol. The van der Waals surface area contributed by atoms with Crippen LogP contribution in [0.4, 0.5) is 5.69 Å². The molecule has 0 atom stereocenters. The first-order chi connectivity index (χ1) is 15.9. The van der Waals surface area contributed by atoms with Crippen molar-refractivity contribution in [2.45, 2.75) is 40.2 Å². The van der Waals surface area contributed by atoms with Crippen molar-refractivity contribution < 1.29 is 9.47 Å². The van der Waals surface area contributed by atoms with Crippen LogP contribution in [0.15, 0.2) is 71.9 Å². The lowest BCUT2D eigenvalue weighted by atomic mass is 10.1. The average Bonchev–Trinajstić information content (AvgIpc) is 2.84. The standard InChI is InChI=1S/C26H29N5O2/c1-17(2)26-28-12-10-22(30-26)23-14-21(9-11-27-23)31-15-18(3)24(13-19(31)4)33-16-20-7-6-8-25(29-20)32-5/h6-14,17H,15-16H2,1-5H3. The van der Waals surface area contributed by atoms with Crippen LogP contribution in [0.3, 0.4) is 0 Å². The highest BCUT2D eigenvalue weighted by Crippen LogP contribution is 2.29. The van der Waals surface area contributed by atoms with E-state index in [-0.39, 0.29) is 5.92 Å². The summed E-state index contributed by atoms with van der Waals surface area (Å²) in [6.45, 7) is 9.47. The molecular weight excluding hydrogens is 414 g/mol. The average molecular weight is 444 g/mol. The molecule has 1 aliphatic rings. The summed E-state index contributed by atoms with van der Waals surface area (Å²) >= 11 is 0. The van der Waals surface area contributed by atoms with E-state index in [9.17, 15) is 0 Å². The van der Waals surface area contributed by atoms with Gasteiger partial charge in [0.25, 0.3) is 0 Å². The van der Waals surface area contributed by atoms with Gasteiger partial charge in [-0.25, -0.2) is 15.0 Å². The third kappa shape index (κ3) is 5.19. The van der Waals surface area contributed by atoms with Crippen LogP contribution in [0.25, 0.3) is 11.4 Å². The van der Waals surface area contributed by atoms with Gasteiger partial charge in [-0.05, 0) is 49.8 Å². The van der Waals surface area contributed by atoms with Gasteiger partial charge in [0.05, 0.1) is 24.2 Å². The molecule has 0 bridgehead atoms. The van der Waals surface area contributed by atoms with Gasteiger partial charge in [-0.2, -0.15) is 0 Å². The molecule has 0 saturated heterocycles. The summed E-state index contributed by atoms with van der Waals surface area (Å²) in [5.41, 5.74) is 5.79. The fraction of sp³-hybridized carbons (Fsp3) is 0.308. The number of rotatable bonds is 7. The summed E-state index contributed by atoms with van der Waals surface area (Å²) in [7, 11) is 1.61. The number of nitrogens with zero attached hydrogens (tertiary/aromatic N) is 5. The van der Waals surface area contributed by atoms with Crippen LogP contribution in [0, 0.1) is 0 Å². The Morgan fingerprint density at radius 3 is 2.61 bits per heavy atom. The van der Waals surface area contributed by atoms with E-state index >= 15 is 0 Å². The minimum Gasteiger partial charge on any atom is -0.487 e. The molecule has 0 radical (unpaired) electrons. The zero-order valence-corrected chi connectivity index (χ0v) is 19.7. The number of allylic oxidation sites excluding steroid dienone is 2. The van der Waals surface area contributed by atoms with Crippen molar-refractivity contribution in [3.63, 3.8) is 0 Å². The Labute approximate surface area is 194 Å². The fourth-order valence-corrected chi connectivity index (χ4v) is 3.62. The zero-order valence-electron chi connectivity index (χ0n) is 19.7. The van der Waals surface area contributed by atoms with Crippen molar-refractivity contribution in [3.8, 4) is 17.3 Å². The maximum atomic E-state index is 6.09. The van der Waals surface area contributed by atoms with Gasteiger partial charge in [-0.1, -0.05) is 19.9 Å². The lowest BCUT2D eigenvalue weighted by Crippen LogP contribution is -2.27. The second kappa shape index (κ2) is 9.81. The normalized spacial score (nSPS) is 13.9. The molecule has 4 heterocycles. The number of anilines is 1. The number of hydrogen-bond acceptors (Lipinski definition) is 7. The molecule has 170 valence electrons. The van der Waals surface area contributed by atoms with Crippen LogP contribution < -0.4 is 9.64 Å². The van der Waals surface area contributed by atoms with E-state index in [1.165, 1.54) is 0 Å². The molecule has 7 nitrogen and oxygen atoms in total. The van der Waals surface area contributed by atoms with E-state index in [1.807, 2.05) is 36.5 Å². The summed E-state index contributed by atoms with van der Waals surface area (Å²) in [5, 5.41) is 0. The Balaban J connectivity index is 1.51. The zero-order chi connectivity index (χ0) is 23.4. The van der Waals surface area contributed by atoms with Crippen molar-refractivity contribution >= 4 is 5.69 Å². The maximum absolute atomic E-state index is 6.09. The van der Waals surface area contributed by atoms with Gasteiger partial charge in [-0.3, -0.25) is 4.98 Å². The van der Waals surface area contributed by atoms with Gasteiger partial charge in [-0.15, -0.1) is 0 Å². The highest BCUT2D eigenvalue weighted by atomic mass is 16.5. The van der Waals surface area contributed by atoms with Gasteiger partial charge in [0.15, 0.2) is 0 Å². The van der Waals surface area contributed by atoms with E-state index in [2.05, 4.69) is 64.7 Å². The Bertz CT molecular complexity index is 1200. The third-order valence-electron chi connectivity index (χ3n) is 5.46. The van der Waals surface area contributed by atoms with Crippen LogP contribution in [-0.2, 0) is 11.3 Å². The number of methoxy groups -OCH3 is 1. The molecule has 1 aliphatic heterocycles. The predicted octanol–water partition coefficient (Wildman–Crippen LogP) is 5.28. The SMILES string of the molecule is COc1cccc(COC2=C(C)CN(c3ccnc(-c4ccnc(C(C)C)n4)c3)C(C)=C2)n1. The number of hydrogen-bond donors (Lipinski definition) is 0. The Kier molecular flexibility index (Phi) is 6.68.